The van der Waals surface area contributed by atoms with Gasteiger partial charge in [-0.1, -0.05) is 23.7 Å². The Balaban J connectivity index is 1.50. The third kappa shape index (κ3) is 5.71. The predicted octanol–water partition coefficient (Wildman–Crippen LogP) is 3.92. The van der Waals surface area contributed by atoms with Crippen LogP contribution in [0.3, 0.4) is 0 Å². The van der Waals surface area contributed by atoms with Gasteiger partial charge in [-0.2, -0.15) is 0 Å². The van der Waals surface area contributed by atoms with E-state index in [4.69, 9.17) is 21.4 Å². The van der Waals surface area contributed by atoms with Gasteiger partial charge in [0.15, 0.2) is 0 Å². The summed E-state index contributed by atoms with van der Waals surface area (Å²) < 4.78 is 5.20. The van der Waals surface area contributed by atoms with Gasteiger partial charge >= 0.3 is 5.97 Å². The SMILES string of the molecule is COc1ccc(CN2CCC(Nc3ncc(/C=C/C(=O)O)cc3Cl)CC2)cc1. The van der Waals surface area contributed by atoms with E-state index in [1.54, 1.807) is 19.4 Å². The van der Waals surface area contributed by atoms with Crippen LogP contribution in [0.4, 0.5) is 5.82 Å². The van der Waals surface area contributed by atoms with E-state index in [2.05, 4.69) is 27.3 Å². The monoisotopic (exact) mass is 401 g/mol. The fourth-order valence-electron chi connectivity index (χ4n) is 3.24. The minimum Gasteiger partial charge on any atom is -0.497 e. The van der Waals surface area contributed by atoms with Crippen LogP contribution in [0.2, 0.25) is 5.02 Å². The Labute approximate surface area is 169 Å². The molecule has 0 radical (unpaired) electrons. The molecular weight excluding hydrogens is 378 g/mol. The summed E-state index contributed by atoms with van der Waals surface area (Å²) in [6.45, 7) is 2.93. The maximum absolute atomic E-state index is 10.6. The Morgan fingerprint density at radius 2 is 2.07 bits per heavy atom. The van der Waals surface area contributed by atoms with Gasteiger partial charge in [-0.05, 0) is 48.2 Å². The number of aromatic nitrogens is 1. The van der Waals surface area contributed by atoms with E-state index in [1.807, 2.05) is 12.1 Å². The number of ether oxygens (including phenoxy) is 1. The maximum Gasteiger partial charge on any atom is 0.328 e. The molecule has 0 aliphatic carbocycles. The molecule has 1 aromatic carbocycles. The zero-order chi connectivity index (χ0) is 19.9. The minimum absolute atomic E-state index is 0.317. The van der Waals surface area contributed by atoms with Crippen LogP contribution in [-0.4, -0.2) is 47.2 Å². The van der Waals surface area contributed by atoms with Crippen molar-refractivity contribution in [2.45, 2.75) is 25.4 Å². The number of nitrogens with one attached hydrogen (secondary N) is 1. The second-order valence-electron chi connectivity index (χ2n) is 6.81. The number of benzene rings is 1. The molecule has 1 fully saturated rings. The van der Waals surface area contributed by atoms with E-state index >= 15 is 0 Å². The summed E-state index contributed by atoms with van der Waals surface area (Å²) in [5, 5.41) is 12.6. The summed E-state index contributed by atoms with van der Waals surface area (Å²) in [4.78, 5) is 17.4. The molecule has 1 saturated heterocycles. The van der Waals surface area contributed by atoms with E-state index in [1.165, 1.54) is 11.6 Å². The van der Waals surface area contributed by atoms with E-state index in [0.29, 0.717) is 22.4 Å². The Morgan fingerprint density at radius 1 is 1.36 bits per heavy atom. The van der Waals surface area contributed by atoms with Gasteiger partial charge in [0, 0.05) is 37.9 Å². The van der Waals surface area contributed by atoms with Gasteiger partial charge in [-0.25, -0.2) is 9.78 Å². The molecule has 7 heteroatoms. The molecule has 0 spiro atoms. The van der Waals surface area contributed by atoms with Crippen LogP contribution in [0.5, 0.6) is 5.75 Å². The van der Waals surface area contributed by atoms with E-state index in [9.17, 15) is 4.79 Å². The van der Waals surface area contributed by atoms with Crippen LogP contribution >= 0.6 is 11.6 Å². The summed E-state index contributed by atoms with van der Waals surface area (Å²) in [6.07, 6.45) is 6.18. The largest absolute Gasteiger partial charge is 0.497 e. The number of methoxy groups -OCH3 is 1. The fraction of sp³-hybridized carbons (Fsp3) is 0.333. The molecule has 0 bridgehead atoms. The third-order valence-electron chi connectivity index (χ3n) is 4.77. The van der Waals surface area contributed by atoms with Crippen LogP contribution in [-0.2, 0) is 11.3 Å². The number of pyridine rings is 1. The lowest BCUT2D eigenvalue weighted by atomic mass is 10.0. The summed E-state index contributed by atoms with van der Waals surface area (Å²) >= 11 is 6.30. The highest BCUT2D eigenvalue weighted by Crippen LogP contribution is 2.24. The second kappa shape index (κ2) is 9.57. The van der Waals surface area contributed by atoms with Crippen molar-refractivity contribution in [2.75, 3.05) is 25.5 Å². The number of piperidine rings is 1. The van der Waals surface area contributed by atoms with Gasteiger partial charge in [0.25, 0.3) is 0 Å². The van der Waals surface area contributed by atoms with Gasteiger partial charge in [0.1, 0.15) is 11.6 Å². The summed E-state index contributed by atoms with van der Waals surface area (Å²) in [7, 11) is 1.67. The van der Waals surface area contributed by atoms with Crippen LogP contribution < -0.4 is 10.1 Å². The molecule has 1 aliphatic heterocycles. The number of nitrogens with zero attached hydrogens (tertiary/aromatic N) is 2. The van der Waals surface area contributed by atoms with E-state index in [0.717, 1.165) is 44.3 Å². The highest BCUT2D eigenvalue weighted by molar-refractivity contribution is 6.33. The number of hydrogen-bond acceptors (Lipinski definition) is 5. The lowest BCUT2D eigenvalue weighted by Gasteiger charge is -2.32. The lowest BCUT2D eigenvalue weighted by Crippen LogP contribution is -2.38. The van der Waals surface area contributed by atoms with Crippen LogP contribution in [0.1, 0.15) is 24.0 Å². The topological polar surface area (TPSA) is 74.7 Å². The van der Waals surface area contributed by atoms with E-state index in [-0.39, 0.29) is 0 Å². The molecule has 0 amide bonds. The van der Waals surface area contributed by atoms with Gasteiger partial charge in [-0.3, -0.25) is 4.90 Å². The smallest absolute Gasteiger partial charge is 0.328 e. The Hall–Kier alpha value is -2.57. The highest BCUT2D eigenvalue weighted by atomic mass is 35.5. The second-order valence-corrected chi connectivity index (χ2v) is 7.22. The molecule has 1 aromatic heterocycles. The number of carboxylic acids is 1. The molecular formula is C21H24ClN3O3. The van der Waals surface area contributed by atoms with Crippen molar-refractivity contribution in [3.8, 4) is 5.75 Å². The van der Waals surface area contributed by atoms with Crippen molar-refractivity contribution in [2.24, 2.45) is 0 Å². The highest BCUT2D eigenvalue weighted by Gasteiger charge is 2.20. The first-order chi connectivity index (χ1) is 13.5. The first kappa shape index (κ1) is 20.2. The van der Waals surface area contributed by atoms with Crippen molar-refractivity contribution in [1.82, 2.24) is 9.88 Å². The Bertz CT molecular complexity index is 831. The quantitative estimate of drug-likeness (QED) is 0.685. The number of carboxylic acid groups (broad SMARTS) is 1. The number of carbonyl (C=O) groups is 1. The molecule has 1 aliphatic rings. The number of likely N-dealkylation sites (tertiary alicyclic amines) is 1. The minimum atomic E-state index is -1.00. The van der Waals surface area contributed by atoms with Crippen molar-refractivity contribution in [1.29, 1.82) is 0 Å². The zero-order valence-electron chi connectivity index (χ0n) is 15.8. The molecule has 0 unspecified atom stereocenters. The van der Waals surface area contributed by atoms with Crippen molar-refractivity contribution in [3.63, 3.8) is 0 Å². The Morgan fingerprint density at radius 3 is 2.68 bits per heavy atom. The molecule has 148 valence electrons. The van der Waals surface area contributed by atoms with Gasteiger partial charge in [0.2, 0.25) is 0 Å². The van der Waals surface area contributed by atoms with Gasteiger partial charge < -0.3 is 15.2 Å². The molecule has 2 aromatic rings. The van der Waals surface area contributed by atoms with Gasteiger partial charge in [0.05, 0.1) is 12.1 Å². The number of aliphatic carboxylic acids is 1. The normalized spacial score (nSPS) is 15.6. The zero-order valence-corrected chi connectivity index (χ0v) is 16.5. The summed E-state index contributed by atoms with van der Waals surface area (Å²) in [5.74, 6) is 0.517. The third-order valence-corrected chi connectivity index (χ3v) is 5.06. The van der Waals surface area contributed by atoms with Crippen LogP contribution in [0.25, 0.3) is 6.08 Å². The van der Waals surface area contributed by atoms with Gasteiger partial charge in [-0.15, -0.1) is 0 Å². The first-order valence-electron chi connectivity index (χ1n) is 9.22. The number of rotatable bonds is 7. The number of hydrogen-bond donors (Lipinski definition) is 2. The summed E-state index contributed by atoms with van der Waals surface area (Å²) in [5.41, 5.74) is 1.94. The van der Waals surface area contributed by atoms with Crippen molar-refractivity contribution < 1.29 is 14.6 Å². The molecule has 2 N–H and O–H groups in total. The Kier molecular flexibility index (Phi) is 6.90. The molecule has 2 heterocycles. The van der Waals surface area contributed by atoms with Crippen molar-refractivity contribution in [3.05, 3.63) is 58.8 Å². The molecule has 6 nitrogen and oxygen atoms in total. The lowest BCUT2D eigenvalue weighted by molar-refractivity contribution is -0.131. The van der Waals surface area contributed by atoms with Crippen molar-refractivity contribution >= 4 is 29.5 Å². The summed E-state index contributed by atoms with van der Waals surface area (Å²) in [6, 6.07) is 10.2. The average Bonchev–Trinajstić information content (AvgIpc) is 2.70. The standard InChI is InChI=1S/C21H24ClN3O3/c1-28-18-5-2-15(3-6-18)14-25-10-8-17(9-11-25)24-21-19(22)12-16(13-23-21)4-7-20(26)27/h2-7,12-13,17H,8-11,14H2,1H3,(H,23,24)(H,26,27)/b7-4+. The molecule has 0 saturated carbocycles. The van der Waals surface area contributed by atoms with E-state index < -0.39 is 5.97 Å². The fourth-order valence-corrected chi connectivity index (χ4v) is 3.46. The van der Waals surface area contributed by atoms with Crippen LogP contribution in [0, 0.1) is 0 Å². The predicted molar refractivity (Wildman–Crippen MR) is 111 cm³/mol. The molecule has 3 rings (SSSR count). The number of anilines is 1. The molecule has 28 heavy (non-hydrogen) atoms. The molecule has 0 atom stereocenters. The number of halogens is 1. The first-order valence-corrected chi connectivity index (χ1v) is 9.59. The van der Waals surface area contributed by atoms with Crippen LogP contribution in [0.15, 0.2) is 42.6 Å². The average molecular weight is 402 g/mol. The maximum atomic E-state index is 10.6.